The molecule has 0 spiro atoms. The highest BCUT2D eigenvalue weighted by Gasteiger charge is 2.48. The number of esters is 1. The fourth-order valence-corrected chi connectivity index (χ4v) is 6.02. The minimum atomic E-state index is -0.986. The molecule has 0 saturated carbocycles. The van der Waals surface area contributed by atoms with E-state index in [1.807, 2.05) is 42.5 Å². The van der Waals surface area contributed by atoms with Crippen LogP contribution in [0, 0.1) is 5.82 Å². The van der Waals surface area contributed by atoms with E-state index in [4.69, 9.17) is 25.8 Å². The van der Waals surface area contributed by atoms with Gasteiger partial charge in [0.2, 0.25) is 0 Å². The third-order valence-corrected chi connectivity index (χ3v) is 8.07. The first-order chi connectivity index (χ1) is 18.4. The van der Waals surface area contributed by atoms with Gasteiger partial charge in [-0.3, -0.25) is 9.80 Å². The largest absolute Gasteiger partial charge is 0.468 e. The van der Waals surface area contributed by atoms with Gasteiger partial charge in [0.1, 0.15) is 23.5 Å². The first kappa shape index (κ1) is 27.6. The van der Waals surface area contributed by atoms with Crippen LogP contribution in [0.5, 0.6) is 6.01 Å². The van der Waals surface area contributed by atoms with Crippen LogP contribution >= 0.6 is 11.6 Å². The Hall–Kier alpha value is -2.99. The van der Waals surface area contributed by atoms with E-state index in [0.717, 1.165) is 19.3 Å². The number of rotatable bonds is 5. The fourth-order valence-electron chi connectivity index (χ4n) is 5.88. The molecule has 3 aliphatic rings. The predicted molar refractivity (Wildman–Crippen MR) is 142 cm³/mol. The molecule has 0 unspecified atom stereocenters. The molecule has 39 heavy (non-hydrogen) atoms. The van der Waals surface area contributed by atoms with Crippen molar-refractivity contribution in [3.63, 3.8) is 0 Å². The maximum absolute atomic E-state index is 15.2. The molecule has 0 aliphatic carbocycles. The molecule has 5 rings (SSSR count). The van der Waals surface area contributed by atoms with Crippen molar-refractivity contribution in [2.75, 3.05) is 45.3 Å². The lowest BCUT2D eigenvalue weighted by molar-refractivity contribution is -0.154. The van der Waals surface area contributed by atoms with Gasteiger partial charge in [0.25, 0.3) is 0 Å². The maximum atomic E-state index is 15.2. The number of hydrogen-bond acceptors (Lipinski definition) is 10. The Morgan fingerprint density at radius 1 is 1.21 bits per heavy atom. The van der Waals surface area contributed by atoms with Crippen LogP contribution in [-0.4, -0.2) is 100 Å². The zero-order valence-corrected chi connectivity index (χ0v) is 23.6. The van der Waals surface area contributed by atoms with Crippen molar-refractivity contribution in [2.24, 2.45) is 0 Å². The molecule has 2 aromatic rings. The number of amides is 1. The van der Waals surface area contributed by atoms with Gasteiger partial charge in [-0.2, -0.15) is 9.97 Å². The van der Waals surface area contributed by atoms with E-state index in [2.05, 4.69) is 15.0 Å². The van der Waals surface area contributed by atoms with E-state index >= 15 is 4.39 Å². The molecule has 2 bridgehead atoms. The molecule has 212 valence electrons. The quantitative estimate of drug-likeness (QED) is 0.395. The van der Waals surface area contributed by atoms with Crippen molar-refractivity contribution in [2.45, 2.75) is 69.7 Å². The second-order valence-corrected chi connectivity index (χ2v) is 11.8. The second-order valence-electron chi connectivity index (χ2n) is 11.5. The summed E-state index contributed by atoms with van der Waals surface area (Å²) >= 11 is 6.00. The zero-order chi connectivity index (χ0) is 28.1. The summed E-state index contributed by atoms with van der Waals surface area (Å²) in [5.41, 5.74) is -1.61. The molecular formula is C26H34ClFN6O5. The summed E-state index contributed by atoms with van der Waals surface area (Å²) in [5, 5.41) is 0.0736. The number of ether oxygens (including phenoxy) is 3. The van der Waals surface area contributed by atoms with Crippen molar-refractivity contribution < 1.29 is 28.2 Å². The lowest BCUT2D eigenvalue weighted by Gasteiger charge is -2.42. The number of methoxy groups -OCH3 is 1. The van der Waals surface area contributed by atoms with Crippen molar-refractivity contribution >= 4 is 40.4 Å². The number of fused-ring (bicyclic) bond motifs is 3. The number of pyridine rings is 1. The smallest absolute Gasteiger partial charge is 0.410 e. The Labute approximate surface area is 231 Å². The van der Waals surface area contributed by atoms with Gasteiger partial charge in [-0.15, -0.1) is 0 Å². The molecule has 3 fully saturated rings. The van der Waals surface area contributed by atoms with Crippen LogP contribution in [0.4, 0.5) is 15.0 Å². The Bertz CT molecular complexity index is 1280. The molecule has 0 N–H and O–H groups in total. The normalized spacial score (nSPS) is 25.3. The minimum absolute atomic E-state index is 0.0242. The van der Waals surface area contributed by atoms with E-state index in [-0.39, 0.29) is 41.5 Å². The van der Waals surface area contributed by atoms with Crippen molar-refractivity contribution in [3.05, 3.63) is 17.2 Å². The molecule has 3 saturated heterocycles. The van der Waals surface area contributed by atoms with Crippen molar-refractivity contribution in [3.8, 4) is 6.01 Å². The van der Waals surface area contributed by atoms with E-state index < -0.39 is 22.9 Å². The fraction of sp³-hybridized carbons (Fsp3) is 0.654. The minimum Gasteiger partial charge on any atom is -0.468 e. The summed E-state index contributed by atoms with van der Waals surface area (Å²) in [6, 6.07) is -0.259. The zero-order valence-electron chi connectivity index (χ0n) is 22.9. The van der Waals surface area contributed by atoms with Crippen LogP contribution in [0.25, 0.3) is 10.9 Å². The molecule has 0 radical (unpaired) electrons. The van der Waals surface area contributed by atoms with Gasteiger partial charge in [-0.05, 0) is 60.0 Å². The number of halogens is 2. The average Bonchev–Trinajstić information content (AvgIpc) is 3.39. The molecule has 13 heteroatoms. The van der Waals surface area contributed by atoms with Crippen molar-refractivity contribution in [1.29, 1.82) is 0 Å². The summed E-state index contributed by atoms with van der Waals surface area (Å²) < 4.78 is 31.9. The lowest BCUT2D eigenvalue weighted by atomic mass is 9.98. The first-order valence-corrected chi connectivity index (χ1v) is 13.5. The third-order valence-electron chi connectivity index (χ3n) is 7.81. The number of carbonyl (C=O) groups is 2. The molecule has 0 aromatic carbocycles. The third kappa shape index (κ3) is 5.04. The number of anilines is 1. The van der Waals surface area contributed by atoms with Crippen LogP contribution in [0.15, 0.2) is 6.20 Å². The highest BCUT2D eigenvalue weighted by Crippen LogP contribution is 2.37. The Morgan fingerprint density at radius 2 is 1.90 bits per heavy atom. The Morgan fingerprint density at radius 3 is 2.49 bits per heavy atom. The van der Waals surface area contributed by atoms with Crippen LogP contribution in [0.1, 0.15) is 46.5 Å². The number of likely N-dealkylation sites (tertiary alicyclic amines) is 1. The van der Waals surface area contributed by atoms with E-state index in [9.17, 15) is 9.59 Å². The van der Waals surface area contributed by atoms with Crippen LogP contribution in [0.3, 0.4) is 0 Å². The Kier molecular flexibility index (Phi) is 7.21. The van der Waals surface area contributed by atoms with Crippen molar-refractivity contribution in [1.82, 2.24) is 24.8 Å². The van der Waals surface area contributed by atoms with E-state index in [0.29, 0.717) is 37.3 Å². The second kappa shape index (κ2) is 10.2. The van der Waals surface area contributed by atoms with Gasteiger partial charge in [-0.25, -0.2) is 19.0 Å². The summed E-state index contributed by atoms with van der Waals surface area (Å²) in [6.07, 6.45) is 4.11. The van der Waals surface area contributed by atoms with E-state index in [1.54, 1.807) is 0 Å². The monoisotopic (exact) mass is 564 g/mol. The van der Waals surface area contributed by atoms with Crippen LogP contribution in [-0.2, 0) is 14.3 Å². The molecule has 2 aromatic heterocycles. The van der Waals surface area contributed by atoms with Gasteiger partial charge in [0.15, 0.2) is 16.5 Å². The van der Waals surface area contributed by atoms with Gasteiger partial charge in [-0.1, -0.05) is 11.6 Å². The van der Waals surface area contributed by atoms with Gasteiger partial charge in [0.05, 0.1) is 24.6 Å². The summed E-state index contributed by atoms with van der Waals surface area (Å²) in [7, 11) is 3.18. The van der Waals surface area contributed by atoms with Gasteiger partial charge >= 0.3 is 18.1 Å². The first-order valence-electron chi connectivity index (χ1n) is 13.1. The van der Waals surface area contributed by atoms with Crippen LogP contribution < -0.4 is 9.64 Å². The Balaban J connectivity index is 1.46. The SMILES string of the molecule is COC(=O)[C@@]1(COc2nc(N3C[C@H]4CC[C@@H](C3)N4C(=O)OC(C)(C)C)c3cnc(Cl)c(F)c3n2)CCCN1C. The molecule has 11 nitrogen and oxygen atoms in total. The topological polar surface area (TPSA) is 110 Å². The molecule has 5 heterocycles. The molecule has 1 amide bonds. The summed E-state index contributed by atoms with van der Waals surface area (Å²) in [6.45, 7) is 7.14. The molecule has 3 atom stereocenters. The number of carbonyl (C=O) groups excluding carboxylic acids is 2. The van der Waals surface area contributed by atoms with Gasteiger partial charge in [0, 0.05) is 19.3 Å². The number of nitrogens with zero attached hydrogens (tertiary/aromatic N) is 6. The lowest BCUT2D eigenvalue weighted by Crippen LogP contribution is -2.57. The number of aromatic nitrogens is 3. The molecule has 3 aliphatic heterocycles. The molecular weight excluding hydrogens is 531 g/mol. The maximum Gasteiger partial charge on any atom is 0.410 e. The predicted octanol–water partition coefficient (Wildman–Crippen LogP) is 3.42. The van der Waals surface area contributed by atoms with Crippen LogP contribution in [0.2, 0.25) is 5.15 Å². The number of hydrogen-bond donors (Lipinski definition) is 0. The number of likely N-dealkylation sites (N-methyl/N-ethyl adjacent to an activating group) is 1. The average molecular weight is 565 g/mol. The van der Waals surface area contributed by atoms with Gasteiger partial charge < -0.3 is 19.1 Å². The number of piperazine rings is 1. The van der Waals surface area contributed by atoms with E-state index in [1.165, 1.54) is 13.3 Å². The summed E-state index contributed by atoms with van der Waals surface area (Å²) in [5.74, 6) is -0.749. The standard InChI is InChI=1S/C26H34ClFN6O5/c1-25(2,3)39-24(36)34-15-7-8-16(34)13-33(12-15)21-17-11-29-20(27)18(28)19(17)30-23(31-21)38-14-26(22(35)37-5)9-6-10-32(26)4/h11,15-16H,6-10,12-14H2,1-5H3/t15-,16+,26-/m0/s1. The highest BCUT2D eigenvalue weighted by atomic mass is 35.5. The summed E-state index contributed by atoms with van der Waals surface area (Å²) in [4.78, 5) is 44.3. The highest BCUT2D eigenvalue weighted by molar-refractivity contribution is 6.30.